The maximum atomic E-state index is 11.3. The Kier molecular flexibility index (Phi) is 3.33. The van der Waals surface area contributed by atoms with Crippen LogP contribution in [-0.4, -0.2) is 20.4 Å². The summed E-state index contributed by atoms with van der Waals surface area (Å²) in [6, 6.07) is 7.92. The summed E-state index contributed by atoms with van der Waals surface area (Å²) in [4.78, 5) is 20.3. The van der Waals surface area contributed by atoms with E-state index in [-0.39, 0.29) is 6.42 Å². The van der Waals surface area contributed by atoms with Gasteiger partial charge in [0.2, 0.25) is 5.91 Å². The number of rotatable bonds is 4. The van der Waals surface area contributed by atoms with E-state index in [9.17, 15) is 4.79 Å². The lowest BCUT2D eigenvalue weighted by atomic mass is 10.1. The highest BCUT2D eigenvalue weighted by Gasteiger charge is 2.15. The summed E-state index contributed by atoms with van der Waals surface area (Å²) < 4.78 is 2.13. The summed E-state index contributed by atoms with van der Waals surface area (Å²) in [5.74, 6) is 0.117. The number of nitrogens with zero attached hydrogens (tertiary/aromatic N) is 3. The Morgan fingerprint density at radius 2 is 2.10 bits per heavy atom. The number of primary amides is 1. The molecule has 0 atom stereocenters. The lowest BCUT2D eigenvalue weighted by molar-refractivity contribution is -0.117. The second kappa shape index (κ2) is 5.16. The molecule has 1 amide bonds. The normalized spacial score (nSPS) is 11.6. The maximum absolute atomic E-state index is 11.3. The van der Waals surface area contributed by atoms with E-state index in [4.69, 9.17) is 5.73 Å². The molecule has 0 unspecified atom stereocenters. The van der Waals surface area contributed by atoms with E-state index in [1.807, 2.05) is 30.6 Å². The molecular formula is C16H18N4O. The van der Waals surface area contributed by atoms with Gasteiger partial charge >= 0.3 is 0 Å². The Morgan fingerprint density at radius 3 is 2.81 bits per heavy atom. The number of pyridine rings is 1. The van der Waals surface area contributed by atoms with Gasteiger partial charge in [-0.2, -0.15) is 0 Å². The SMILES string of the molecule is CC(C)Cn1cnc2c(CC(N)=O)nc3ccccc3c21. The number of carbonyl (C=O) groups is 1. The van der Waals surface area contributed by atoms with Crippen molar-refractivity contribution in [1.29, 1.82) is 0 Å². The van der Waals surface area contributed by atoms with Gasteiger partial charge in [0.05, 0.1) is 29.5 Å². The van der Waals surface area contributed by atoms with Crippen LogP contribution in [0, 0.1) is 5.92 Å². The topological polar surface area (TPSA) is 73.8 Å². The van der Waals surface area contributed by atoms with Gasteiger partial charge in [0.1, 0.15) is 5.52 Å². The first kappa shape index (κ1) is 13.5. The van der Waals surface area contributed by atoms with Crippen LogP contribution in [0.15, 0.2) is 30.6 Å². The summed E-state index contributed by atoms with van der Waals surface area (Å²) in [6.07, 6.45) is 1.93. The quantitative estimate of drug-likeness (QED) is 0.797. The molecule has 2 aromatic heterocycles. The number of para-hydroxylation sites is 1. The average molecular weight is 282 g/mol. The number of hydrogen-bond donors (Lipinski definition) is 1. The largest absolute Gasteiger partial charge is 0.369 e. The van der Waals surface area contributed by atoms with Crippen molar-refractivity contribution < 1.29 is 4.79 Å². The minimum absolute atomic E-state index is 0.111. The Balaban J connectivity index is 2.33. The van der Waals surface area contributed by atoms with Crippen LogP contribution in [0.3, 0.4) is 0 Å². The molecule has 3 rings (SSSR count). The first-order chi connectivity index (χ1) is 10.1. The van der Waals surface area contributed by atoms with E-state index < -0.39 is 5.91 Å². The van der Waals surface area contributed by atoms with Crippen molar-refractivity contribution in [3.8, 4) is 0 Å². The zero-order chi connectivity index (χ0) is 15.0. The van der Waals surface area contributed by atoms with Gasteiger partial charge in [0, 0.05) is 11.9 Å². The van der Waals surface area contributed by atoms with Gasteiger partial charge in [0.25, 0.3) is 0 Å². The molecule has 0 aliphatic heterocycles. The van der Waals surface area contributed by atoms with Crippen molar-refractivity contribution in [3.05, 3.63) is 36.3 Å². The summed E-state index contributed by atoms with van der Waals surface area (Å²) in [6.45, 7) is 5.21. The van der Waals surface area contributed by atoms with E-state index in [2.05, 4.69) is 28.4 Å². The average Bonchev–Trinajstić information content (AvgIpc) is 2.82. The van der Waals surface area contributed by atoms with Crippen LogP contribution in [0.25, 0.3) is 21.9 Å². The van der Waals surface area contributed by atoms with E-state index in [0.29, 0.717) is 11.6 Å². The first-order valence-corrected chi connectivity index (χ1v) is 7.07. The maximum Gasteiger partial charge on any atom is 0.223 e. The third-order valence-electron chi connectivity index (χ3n) is 3.43. The van der Waals surface area contributed by atoms with Crippen LogP contribution in [-0.2, 0) is 17.8 Å². The highest BCUT2D eigenvalue weighted by molar-refractivity contribution is 6.04. The molecule has 21 heavy (non-hydrogen) atoms. The molecule has 0 aliphatic carbocycles. The first-order valence-electron chi connectivity index (χ1n) is 7.07. The Labute approximate surface area is 122 Å². The van der Waals surface area contributed by atoms with E-state index >= 15 is 0 Å². The summed E-state index contributed by atoms with van der Waals surface area (Å²) in [5, 5.41) is 1.05. The molecule has 3 aromatic rings. The number of nitrogens with two attached hydrogens (primary N) is 1. The third kappa shape index (κ3) is 2.46. The fraction of sp³-hybridized carbons (Fsp3) is 0.312. The molecule has 0 bridgehead atoms. The van der Waals surface area contributed by atoms with E-state index in [1.165, 1.54) is 0 Å². The predicted molar refractivity (Wildman–Crippen MR) is 82.8 cm³/mol. The van der Waals surface area contributed by atoms with Gasteiger partial charge in [-0.1, -0.05) is 32.0 Å². The Morgan fingerprint density at radius 1 is 1.33 bits per heavy atom. The van der Waals surface area contributed by atoms with Crippen molar-refractivity contribution in [3.63, 3.8) is 0 Å². The molecule has 5 heteroatoms. The molecule has 0 fully saturated rings. The van der Waals surface area contributed by atoms with E-state index in [1.54, 1.807) is 0 Å². The van der Waals surface area contributed by atoms with Gasteiger partial charge in [0.15, 0.2) is 0 Å². The Hall–Kier alpha value is -2.43. The predicted octanol–water partition coefficient (Wildman–Crippen LogP) is 2.27. The van der Waals surface area contributed by atoms with Crippen molar-refractivity contribution in [2.45, 2.75) is 26.8 Å². The lowest BCUT2D eigenvalue weighted by Gasteiger charge is -2.10. The number of aromatic nitrogens is 3. The fourth-order valence-corrected chi connectivity index (χ4v) is 2.67. The van der Waals surface area contributed by atoms with Crippen LogP contribution >= 0.6 is 0 Å². The smallest absolute Gasteiger partial charge is 0.223 e. The number of benzene rings is 1. The van der Waals surface area contributed by atoms with Crippen LogP contribution in [0.2, 0.25) is 0 Å². The molecule has 0 saturated heterocycles. The summed E-state index contributed by atoms with van der Waals surface area (Å²) >= 11 is 0. The molecule has 2 heterocycles. The zero-order valence-electron chi connectivity index (χ0n) is 12.2. The molecule has 2 N–H and O–H groups in total. The van der Waals surface area contributed by atoms with Crippen LogP contribution in [0.5, 0.6) is 0 Å². The van der Waals surface area contributed by atoms with Crippen molar-refractivity contribution in [2.75, 3.05) is 0 Å². The van der Waals surface area contributed by atoms with Gasteiger partial charge in [-0.3, -0.25) is 4.79 Å². The highest BCUT2D eigenvalue weighted by Crippen LogP contribution is 2.26. The number of fused-ring (bicyclic) bond motifs is 3. The molecule has 0 saturated carbocycles. The molecule has 0 radical (unpaired) electrons. The van der Waals surface area contributed by atoms with Gasteiger partial charge < -0.3 is 10.3 Å². The minimum Gasteiger partial charge on any atom is -0.369 e. The van der Waals surface area contributed by atoms with Crippen LogP contribution in [0.1, 0.15) is 19.5 Å². The van der Waals surface area contributed by atoms with Gasteiger partial charge in [-0.25, -0.2) is 9.97 Å². The monoisotopic (exact) mass is 282 g/mol. The molecule has 108 valence electrons. The molecule has 0 spiro atoms. The summed E-state index contributed by atoms with van der Waals surface area (Å²) in [7, 11) is 0. The van der Waals surface area contributed by atoms with Crippen molar-refractivity contribution >= 4 is 27.8 Å². The molecule has 1 aromatic carbocycles. The van der Waals surface area contributed by atoms with Crippen molar-refractivity contribution in [2.24, 2.45) is 11.7 Å². The third-order valence-corrected chi connectivity index (χ3v) is 3.43. The second-order valence-corrected chi connectivity index (χ2v) is 5.71. The lowest BCUT2D eigenvalue weighted by Crippen LogP contribution is -2.15. The number of carbonyl (C=O) groups excluding carboxylic acids is 1. The Bertz CT molecular complexity index is 820. The van der Waals surface area contributed by atoms with Crippen LogP contribution in [0.4, 0.5) is 0 Å². The number of imidazole rings is 1. The number of amides is 1. The standard InChI is InChI=1S/C16H18N4O/c1-10(2)8-20-9-18-15-13(7-14(17)21)19-12-6-4-3-5-11(12)16(15)20/h3-6,9-10H,7-8H2,1-2H3,(H2,17,21). The van der Waals surface area contributed by atoms with Gasteiger partial charge in [-0.15, -0.1) is 0 Å². The zero-order valence-corrected chi connectivity index (χ0v) is 12.2. The van der Waals surface area contributed by atoms with Gasteiger partial charge in [-0.05, 0) is 12.0 Å². The second-order valence-electron chi connectivity index (χ2n) is 5.71. The molecular weight excluding hydrogens is 264 g/mol. The molecule has 5 nitrogen and oxygen atoms in total. The van der Waals surface area contributed by atoms with Crippen LogP contribution < -0.4 is 5.73 Å². The van der Waals surface area contributed by atoms with E-state index in [0.717, 1.165) is 28.5 Å². The number of hydrogen-bond acceptors (Lipinski definition) is 3. The minimum atomic E-state index is -0.391. The van der Waals surface area contributed by atoms with Crippen molar-refractivity contribution in [1.82, 2.24) is 14.5 Å². The molecule has 0 aliphatic rings. The summed E-state index contributed by atoms with van der Waals surface area (Å²) in [5.41, 5.74) is 8.66. The fourth-order valence-electron chi connectivity index (χ4n) is 2.67. The highest BCUT2D eigenvalue weighted by atomic mass is 16.1.